The highest BCUT2D eigenvalue weighted by molar-refractivity contribution is 5.81. The molecule has 4 heteroatoms. The molecule has 0 aromatic rings. The van der Waals surface area contributed by atoms with E-state index in [0.29, 0.717) is 11.4 Å². The fourth-order valence-corrected chi connectivity index (χ4v) is 3.31. The molecule has 17 heavy (non-hydrogen) atoms. The summed E-state index contributed by atoms with van der Waals surface area (Å²) in [5, 5.41) is 10.1. The number of aliphatic hydroxyl groups excluding tert-OH is 1. The highest BCUT2D eigenvalue weighted by atomic mass is 16.3. The van der Waals surface area contributed by atoms with Crippen LogP contribution in [0.3, 0.4) is 0 Å². The fourth-order valence-electron chi connectivity index (χ4n) is 3.31. The smallest absolute Gasteiger partial charge is 0.194 e. The Morgan fingerprint density at radius 2 is 1.88 bits per heavy atom. The maximum absolute atomic E-state index is 10.1. The molecule has 4 nitrogen and oxygen atoms in total. The van der Waals surface area contributed by atoms with E-state index in [0.717, 1.165) is 31.6 Å². The number of likely N-dealkylation sites (N-methyl/N-ethyl adjacent to an activating group) is 1. The van der Waals surface area contributed by atoms with Crippen molar-refractivity contribution in [1.82, 2.24) is 4.90 Å². The lowest BCUT2D eigenvalue weighted by Crippen LogP contribution is -2.55. The minimum atomic E-state index is -0.645. The fraction of sp³-hybridized carbons (Fsp3) is 0.923. The number of aliphatic hydroxyl groups is 1. The highest BCUT2D eigenvalue weighted by Crippen LogP contribution is 2.46. The molecule has 1 heterocycles. The van der Waals surface area contributed by atoms with Crippen LogP contribution in [0.25, 0.3) is 0 Å². The lowest BCUT2D eigenvalue weighted by molar-refractivity contribution is -0.0111. The van der Waals surface area contributed by atoms with E-state index in [4.69, 9.17) is 5.73 Å². The normalized spacial score (nSPS) is 38.6. The molecule has 1 saturated carbocycles. The van der Waals surface area contributed by atoms with Crippen molar-refractivity contribution in [1.29, 1.82) is 0 Å². The Balaban J connectivity index is 2.09. The van der Waals surface area contributed by atoms with E-state index in [-0.39, 0.29) is 5.54 Å². The molecule has 98 valence electrons. The number of hydrogen-bond acceptors (Lipinski definition) is 4. The van der Waals surface area contributed by atoms with Crippen LogP contribution in [0.4, 0.5) is 0 Å². The lowest BCUT2D eigenvalue weighted by atomic mass is 9.66. The Morgan fingerprint density at radius 1 is 1.35 bits per heavy atom. The third-order valence-electron chi connectivity index (χ3n) is 4.82. The second-order valence-electron chi connectivity index (χ2n) is 6.66. The summed E-state index contributed by atoms with van der Waals surface area (Å²) in [6.07, 6.45) is 3.61. The van der Waals surface area contributed by atoms with Gasteiger partial charge in [0.25, 0.3) is 0 Å². The minimum Gasteiger partial charge on any atom is -0.370 e. The number of aliphatic imine (C=N–C) groups is 1. The summed E-state index contributed by atoms with van der Waals surface area (Å²) in [6.45, 7) is 6.90. The van der Waals surface area contributed by atoms with Crippen LogP contribution in [0.15, 0.2) is 4.99 Å². The summed E-state index contributed by atoms with van der Waals surface area (Å²) in [4.78, 5) is 6.09. The zero-order valence-corrected chi connectivity index (χ0v) is 11.4. The van der Waals surface area contributed by atoms with Gasteiger partial charge in [-0.05, 0) is 37.0 Å². The molecule has 1 aliphatic carbocycles. The number of hydrogen-bond donors (Lipinski definition) is 2. The van der Waals surface area contributed by atoms with Crippen molar-refractivity contribution in [3.8, 4) is 0 Å². The predicted molar refractivity (Wildman–Crippen MR) is 69.5 cm³/mol. The molecular formula is C13H25N3O. The predicted octanol–water partition coefficient (Wildman–Crippen LogP) is 1.54. The van der Waals surface area contributed by atoms with Crippen LogP contribution in [-0.2, 0) is 0 Å². The van der Waals surface area contributed by atoms with Gasteiger partial charge >= 0.3 is 0 Å². The average molecular weight is 239 g/mol. The van der Waals surface area contributed by atoms with Gasteiger partial charge in [0.2, 0.25) is 0 Å². The highest BCUT2D eigenvalue weighted by Gasteiger charge is 2.50. The summed E-state index contributed by atoms with van der Waals surface area (Å²) in [5.74, 6) is 1.21. The Kier molecular flexibility index (Phi) is 2.89. The molecule has 0 aromatic heterocycles. The third kappa shape index (κ3) is 1.92. The summed E-state index contributed by atoms with van der Waals surface area (Å²) in [5.41, 5.74) is 5.94. The van der Waals surface area contributed by atoms with Gasteiger partial charge in [-0.15, -0.1) is 0 Å². The topological polar surface area (TPSA) is 61.8 Å². The van der Waals surface area contributed by atoms with Crippen LogP contribution < -0.4 is 5.73 Å². The quantitative estimate of drug-likeness (QED) is 0.674. The third-order valence-corrected chi connectivity index (χ3v) is 4.82. The first-order valence-electron chi connectivity index (χ1n) is 6.52. The van der Waals surface area contributed by atoms with Crippen LogP contribution in [0.5, 0.6) is 0 Å². The molecular weight excluding hydrogens is 214 g/mol. The zero-order chi connectivity index (χ0) is 12.8. The van der Waals surface area contributed by atoms with Gasteiger partial charge in [0.05, 0.1) is 5.54 Å². The molecule has 0 radical (unpaired) electrons. The number of nitrogens with zero attached hydrogens (tertiary/aromatic N) is 2. The van der Waals surface area contributed by atoms with E-state index in [9.17, 15) is 5.11 Å². The molecule has 0 aromatic carbocycles. The standard InChI is InChI=1S/C13H25N3O/c1-12(2,3)9-5-7-13(8-6-9)10(17)15-11(14)16(13)4/h9-10,17H,5-8H2,1-4H3,(H2,14,15). The second-order valence-corrected chi connectivity index (χ2v) is 6.66. The Bertz CT molecular complexity index is 324. The average Bonchev–Trinajstić information content (AvgIpc) is 2.43. The van der Waals surface area contributed by atoms with Crippen molar-refractivity contribution in [3.05, 3.63) is 0 Å². The van der Waals surface area contributed by atoms with Crippen molar-refractivity contribution < 1.29 is 5.11 Å². The molecule has 2 aliphatic rings. The van der Waals surface area contributed by atoms with Crippen LogP contribution >= 0.6 is 0 Å². The summed E-state index contributed by atoms with van der Waals surface area (Å²) in [7, 11) is 1.95. The first kappa shape index (κ1) is 12.7. The lowest BCUT2D eigenvalue weighted by Gasteiger charge is -2.46. The van der Waals surface area contributed by atoms with E-state index < -0.39 is 6.23 Å². The molecule has 3 N–H and O–H groups in total. The van der Waals surface area contributed by atoms with Crippen LogP contribution in [0, 0.1) is 11.3 Å². The van der Waals surface area contributed by atoms with E-state index in [1.54, 1.807) is 0 Å². The molecule has 1 unspecified atom stereocenters. The Labute approximate surface area is 104 Å². The van der Waals surface area contributed by atoms with Gasteiger partial charge in [0.1, 0.15) is 0 Å². The number of rotatable bonds is 0. The molecule has 1 fully saturated rings. The van der Waals surface area contributed by atoms with Gasteiger partial charge in [0, 0.05) is 7.05 Å². The minimum absolute atomic E-state index is 0.230. The van der Waals surface area contributed by atoms with Gasteiger partial charge in [-0.1, -0.05) is 20.8 Å². The molecule has 2 rings (SSSR count). The monoisotopic (exact) mass is 239 g/mol. The molecule has 0 amide bonds. The van der Waals surface area contributed by atoms with Crippen molar-refractivity contribution >= 4 is 5.96 Å². The summed E-state index contributed by atoms with van der Waals surface area (Å²) < 4.78 is 0. The van der Waals surface area contributed by atoms with Gasteiger partial charge in [0.15, 0.2) is 12.2 Å². The Morgan fingerprint density at radius 3 is 2.24 bits per heavy atom. The second kappa shape index (κ2) is 3.87. The maximum atomic E-state index is 10.1. The molecule has 0 saturated heterocycles. The van der Waals surface area contributed by atoms with Crippen molar-refractivity contribution in [2.24, 2.45) is 22.1 Å². The van der Waals surface area contributed by atoms with Crippen molar-refractivity contribution in [2.45, 2.75) is 58.2 Å². The van der Waals surface area contributed by atoms with Crippen molar-refractivity contribution in [3.63, 3.8) is 0 Å². The molecule has 0 bridgehead atoms. The van der Waals surface area contributed by atoms with Crippen LogP contribution in [0.2, 0.25) is 0 Å². The van der Waals surface area contributed by atoms with E-state index in [1.165, 1.54) is 0 Å². The van der Waals surface area contributed by atoms with E-state index in [2.05, 4.69) is 25.8 Å². The molecule has 1 spiro atoms. The van der Waals surface area contributed by atoms with E-state index in [1.807, 2.05) is 11.9 Å². The number of nitrogens with two attached hydrogens (primary N) is 1. The van der Waals surface area contributed by atoms with Gasteiger partial charge in [-0.3, -0.25) is 0 Å². The maximum Gasteiger partial charge on any atom is 0.194 e. The largest absolute Gasteiger partial charge is 0.370 e. The Hall–Kier alpha value is -0.770. The molecule has 1 atom stereocenters. The van der Waals surface area contributed by atoms with Gasteiger partial charge < -0.3 is 15.7 Å². The number of guanidine groups is 1. The van der Waals surface area contributed by atoms with Crippen molar-refractivity contribution in [2.75, 3.05) is 7.05 Å². The SMILES string of the molecule is CN1C(N)=NC(O)C12CCC(C(C)(C)C)CC2. The van der Waals surface area contributed by atoms with Gasteiger partial charge in [-0.25, -0.2) is 4.99 Å². The molecule has 1 aliphatic heterocycles. The zero-order valence-electron chi connectivity index (χ0n) is 11.4. The first-order chi connectivity index (χ1) is 7.77. The van der Waals surface area contributed by atoms with Crippen LogP contribution in [0.1, 0.15) is 46.5 Å². The van der Waals surface area contributed by atoms with Crippen LogP contribution in [-0.4, -0.2) is 34.8 Å². The van der Waals surface area contributed by atoms with E-state index >= 15 is 0 Å². The summed E-state index contributed by atoms with van der Waals surface area (Å²) in [6, 6.07) is 0. The summed E-state index contributed by atoms with van der Waals surface area (Å²) >= 11 is 0. The van der Waals surface area contributed by atoms with Gasteiger partial charge in [-0.2, -0.15) is 0 Å². The first-order valence-corrected chi connectivity index (χ1v) is 6.52.